The number of amides is 1. The van der Waals surface area contributed by atoms with Gasteiger partial charge >= 0.3 is 0 Å². The lowest BCUT2D eigenvalue weighted by Crippen LogP contribution is -2.28. The topological polar surface area (TPSA) is 65.4 Å². The van der Waals surface area contributed by atoms with Crippen molar-refractivity contribution in [3.8, 4) is 22.8 Å². The first-order valence-electron chi connectivity index (χ1n) is 9.14. The van der Waals surface area contributed by atoms with Gasteiger partial charge < -0.3 is 14.8 Å². The second kappa shape index (κ2) is 8.61. The smallest absolute Gasteiger partial charge is 0.271 e. The highest BCUT2D eigenvalue weighted by atomic mass is 16.5. The maximum atomic E-state index is 12.4. The van der Waals surface area contributed by atoms with E-state index in [0.717, 1.165) is 22.8 Å². The van der Waals surface area contributed by atoms with Gasteiger partial charge in [-0.05, 0) is 61.4 Å². The van der Waals surface area contributed by atoms with Gasteiger partial charge in [0.05, 0.1) is 19.3 Å². The predicted molar refractivity (Wildman–Crippen MR) is 109 cm³/mol. The van der Waals surface area contributed by atoms with Crippen LogP contribution in [0.4, 0.5) is 0 Å². The summed E-state index contributed by atoms with van der Waals surface area (Å²) in [6.07, 6.45) is 0. The number of hydrogen-bond donors (Lipinski definition) is 1. The largest absolute Gasteiger partial charge is 0.497 e. The van der Waals surface area contributed by atoms with Gasteiger partial charge in [-0.3, -0.25) is 9.48 Å². The number of aromatic nitrogens is 2. The van der Waals surface area contributed by atoms with E-state index < -0.39 is 0 Å². The van der Waals surface area contributed by atoms with E-state index in [2.05, 4.69) is 36.4 Å². The minimum Gasteiger partial charge on any atom is -0.497 e. The van der Waals surface area contributed by atoms with Crippen LogP contribution in [0.15, 0.2) is 48.5 Å². The molecule has 28 heavy (non-hydrogen) atoms. The fourth-order valence-electron chi connectivity index (χ4n) is 2.85. The van der Waals surface area contributed by atoms with Crippen LogP contribution in [0.5, 0.6) is 11.5 Å². The highest BCUT2D eigenvalue weighted by Gasteiger charge is 2.14. The Morgan fingerprint density at radius 2 is 1.75 bits per heavy atom. The molecule has 0 radical (unpaired) electrons. The molecule has 3 rings (SSSR count). The maximum absolute atomic E-state index is 12.4. The van der Waals surface area contributed by atoms with E-state index in [1.165, 1.54) is 11.1 Å². The number of methoxy groups -OCH3 is 1. The lowest BCUT2D eigenvalue weighted by atomic mass is 10.0. The number of carbonyl (C=O) groups excluding carboxylic acids is 1. The van der Waals surface area contributed by atoms with Crippen molar-refractivity contribution in [1.29, 1.82) is 0 Å². The zero-order valence-corrected chi connectivity index (χ0v) is 16.7. The maximum Gasteiger partial charge on any atom is 0.271 e. The molecule has 1 amide bonds. The van der Waals surface area contributed by atoms with Crippen LogP contribution in [0.25, 0.3) is 11.3 Å². The summed E-state index contributed by atoms with van der Waals surface area (Å²) in [5, 5.41) is 7.18. The Morgan fingerprint density at radius 3 is 2.43 bits per heavy atom. The van der Waals surface area contributed by atoms with Crippen molar-refractivity contribution >= 4 is 5.91 Å². The summed E-state index contributed by atoms with van der Waals surface area (Å²) in [7, 11) is 3.46. The molecule has 1 N–H and O–H groups in total. The first-order chi connectivity index (χ1) is 13.5. The van der Waals surface area contributed by atoms with Crippen LogP contribution in [-0.4, -0.2) is 35.9 Å². The fraction of sp³-hybridized carbons (Fsp3) is 0.273. The minimum atomic E-state index is -0.219. The van der Waals surface area contributed by atoms with E-state index in [-0.39, 0.29) is 5.91 Å². The Hall–Kier alpha value is -3.28. The molecule has 1 heterocycles. The second-order valence-electron chi connectivity index (χ2n) is 6.62. The van der Waals surface area contributed by atoms with Crippen molar-refractivity contribution in [2.45, 2.75) is 13.8 Å². The van der Waals surface area contributed by atoms with E-state index >= 15 is 0 Å². The third-order valence-corrected chi connectivity index (χ3v) is 4.63. The molecule has 6 nitrogen and oxygen atoms in total. The quantitative estimate of drug-likeness (QED) is 0.638. The molecular weight excluding hydrogens is 354 g/mol. The Balaban J connectivity index is 1.56. The van der Waals surface area contributed by atoms with Crippen LogP contribution in [0.3, 0.4) is 0 Å². The third-order valence-electron chi connectivity index (χ3n) is 4.63. The number of ether oxygens (including phenoxy) is 2. The Labute approximate surface area is 165 Å². The number of nitrogens with zero attached hydrogens (tertiary/aromatic N) is 2. The molecule has 0 aliphatic carbocycles. The summed E-state index contributed by atoms with van der Waals surface area (Å²) in [6.45, 7) is 4.91. The van der Waals surface area contributed by atoms with Crippen molar-refractivity contribution in [3.05, 3.63) is 65.4 Å². The van der Waals surface area contributed by atoms with Crippen LogP contribution < -0.4 is 14.8 Å². The average molecular weight is 379 g/mol. The van der Waals surface area contributed by atoms with Crippen LogP contribution in [0.1, 0.15) is 21.6 Å². The second-order valence-corrected chi connectivity index (χ2v) is 6.62. The van der Waals surface area contributed by atoms with E-state index in [0.29, 0.717) is 18.8 Å². The van der Waals surface area contributed by atoms with Crippen molar-refractivity contribution in [1.82, 2.24) is 15.1 Å². The summed E-state index contributed by atoms with van der Waals surface area (Å²) in [6, 6.07) is 15.4. The Kier molecular flexibility index (Phi) is 5.99. The third kappa shape index (κ3) is 4.52. The normalized spacial score (nSPS) is 10.6. The van der Waals surface area contributed by atoms with Gasteiger partial charge in [0.2, 0.25) is 0 Å². The molecule has 0 saturated heterocycles. The number of benzene rings is 2. The minimum absolute atomic E-state index is 0.219. The standard InChI is InChI=1S/C22H25N3O3/c1-15-5-6-17(13-16(15)2)21-14-20(24-25(21)3)22(26)23-11-12-28-19-9-7-18(27-4)8-10-19/h5-10,13-14H,11-12H2,1-4H3,(H,23,26). The number of carbonyl (C=O) groups is 1. The molecule has 0 saturated carbocycles. The molecule has 0 aliphatic heterocycles. The van der Waals surface area contributed by atoms with Gasteiger partial charge in [-0.15, -0.1) is 0 Å². The summed E-state index contributed by atoms with van der Waals surface area (Å²) >= 11 is 0. The molecule has 0 atom stereocenters. The van der Waals surface area contributed by atoms with Crippen molar-refractivity contribution in [2.75, 3.05) is 20.3 Å². The van der Waals surface area contributed by atoms with Gasteiger partial charge in [0.1, 0.15) is 18.1 Å². The highest BCUT2D eigenvalue weighted by Crippen LogP contribution is 2.22. The molecule has 3 aromatic rings. The first kappa shape index (κ1) is 19.5. The molecule has 0 fully saturated rings. The van der Waals surface area contributed by atoms with E-state index in [1.54, 1.807) is 11.8 Å². The van der Waals surface area contributed by atoms with Gasteiger partial charge in [-0.2, -0.15) is 5.10 Å². The summed E-state index contributed by atoms with van der Waals surface area (Å²) < 4.78 is 12.5. The van der Waals surface area contributed by atoms with E-state index in [1.807, 2.05) is 43.4 Å². The lowest BCUT2D eigenvalue weighted by Gasteiger charge is -2.07. The summed E-state index contributed by atoms with van der Waals surface area (Å²) in [4.78, 5) is 12.4. The molecule has 0 aliphatic rings. The SMILES string of the molecule is COc1ccc(OCCNC(=O)c2cc(-c3ccc(C)c(C)c3)n(C)n2)cc1. The molecule has 2 aromatic carbocycles. The van der Waals surface area contributed by atoms with E-state index in [4.69, 9.17) is 9.47 Å². The molecule has 0 spiro atoms. The number of rotatable bonds is 7. The lowest BCUT2D eigenvalue weighted by molar-refractivity contribution is 0.0941. The van der Waals surface area contributed by atoms with Gasteiger partial charge in [0.15, 0.2) is 5.69 Å². The zero-order chi connectivity index (χ0) is 20.1. The summed E-state index contributed by atoms with van der Waals surface area (Å²) in [5.74, 6) is 1.28. The Bertz CT molecular complexity index is 962. The summed E-state index contributed by atoms with van der Waals surface area (Å²) in [5.41, 5.74) is 4.78. The molecule has 0 unspecified atom stereocenters. The van der Waals surface area contributed by atoms with Crippen LogP contribution in [0, 0.1) is 13.8 Å². The first-order valence-corrected chi connectivity index (χ1v) is 9.14. The number of aryl methyl sites for hydroxylation is 3. The highest BCUT2D eigenvalue weighted by molar-refractivity contribution is 5.93. The Morgan fingerprint density at radius 1 is 1.04 bits per heavy atom. The van der Waals surface area contributed by atoms with Crippen molar-refractivity contribution in [3.63, 3.8) is 0 Å². The van der Waals surface area contributed by atoms with Gasteiger partial charge in [-0.1, -0.05) is 12.1 Å². The number of nitrogens with one attached hydrogen (secondary N) is 1. The fourth-order valence-corrected chi connectivity index (χ4v) is 2.85. The molecule has 6 heteroatoms. The average Bonchev–Trinajstić information content (AvgIpc) is 3.09. The zero-order valence-electron chi connectivity index (χ0n) is 16.7. The molecular formula is C22H25N3O3. The van der Waals surface area contributed by atoms with Crippen LogP contribution in [0.2, 0.25) is 0 Å². The van der Waals surface area contributed by atoms with Crippen molar-refractivity contribution < 1.29 is 14.3 Å². The monoisotopic (exact) mass is 379 g/mol. The van der Waals surface area contributed by atoms with Crippen molar-refractivity contribution in [2.24, 2.45) is 7.05 Å². The van der Waals surface area contributed by atoms with Gasteiger partial charge in [-0.25, -0.2) is 0 Å². The molecule has 146 valence electrons. The molecule has 1 aromatic heterocycles. The number of hydrogen-bond acceptors (Lipinski definition) is 4. The van der Waals surface area contributed by atoms with Crippen LogP contribution >= 0.6 is 0 Å². The van der Waals surface area contributed by atoms with Gasteiger partial charge in [0, 0.05) is 12.6 Å². The molecule has 0 bridgehead atoms. The van der Waals surface area contributed by atoms with Gasteiger partial charge in [0.25, 0.3) is 5.91 Å². The van der Waals surface area contributed by atoms with Crippen LogP contribution in [-0.2, 0) is 7.05 Å². The van der Waals surface area contributed by atoms with E-state index in [9.17, 15) is 4.79 Å². The predicted octanol–water partition coefficient (Wildman–Crippen LogP) is 3.52.